The van der Waals surface area contributed by atoms with Crippen molar-refractivity contribution in [1.29, 1.82) is 0 Å². The van der Waals surface area contributed by atoms with Crippen molar-refractivity contribution in [3.05, 3.63) is 72.9 Å². The van der Waals surface area contributed by atoms with E-state index in [4.69, 9.17) is 9.72 Å². The predicted molar refractivity (Wildman–Crippen MR) is 113 cm³/mol. The number of nitrogens with zero attached hydrogens (tertiary/aromatic N) is 4. The van der Waals surface area contributed by atoms with Gasteiger partial charge in [-0.25, -0.2) is 4.98 Å². The maximum absolute atomic E-state index is 6.14. The van der Waals surface area contributed by atoms with Crippen LogP contribution < -0.4 is 10.1 Å². The van der Waals surface area contributed by atoms with Crippen molar-refractivity contribution in [2.45, 2.75) is 38.3 Å². The van der Waals surface area contributed by atoms with Crippen LogP contribution in [0.2, 0.25) is 0 Å². The average molecular weight is 385 g/mol. The van der Waals surface area contributed by atoms with Crippen LogP contribution in [0.3, 0.4) is 0 Å². The Kier molecular flexibility index (Phi) is 4.82. The smallest absolute Gasteiger partial charge is 0.157 e. The third kappa shape index (κ3) is 3.66. The van der Waals surface area contributed by atoms with Crippen LogP contribution in [0.1, 0.15) is 31.4 Å². The van der Waals surface area contributed by atoms with E-state index in [1.807, 2.05) is 42.6 Å². The number of rotatable bonds is 6. The summed E-state index contributed by atoms with van der Waals surface area (Å²) in [7, 11) is 0. The molecule has 0 saturated heterocycles. The van der Waals surface area contributed by atoms with E-state index in [-0.39, 0.29) is 0 Å². The zero-order valence-electron chi connectivity index (χ0n) is 16.2. The minimum Gasteiger partial charge on any atom is -0.487 e. The molecule has 3 heterocycles. The molecule has 29 heavy (non-hydrogen) atoms. The van der Waals surface area contributed by atoms with Gasteiger partial charge in [-0.05, 0) is 37.1 Å². The first-order chi connectivity index (χ1) is 14.4. The number of pyridine rings is 1. The summed E-state index contributed by atoms with van der Waals surface area (Å²) in [4.78, 5) is 13.5. The van der Waals surface area contributed by atoms with Gasteiger partial charge in [-0.15, -0.1) is 0 Å². The summed E-state index contributed by atoms with van der Waals surface area (Å²) in [6.45, 7) is 0.415. The molecule has 6 heteroatoms. The van der Waals surface area contributed by atoms with E-state index >= 15 is 0 Å². The lowest BCUT2D eigenvalue weighted by molar-refractivity contribution is 0.302. The molecule has 1 N–H and O–H groups in total. The molecule has 146 valence electrons. The topological polar surface area (TPSA) is 64.3 Å². The van der Waals surface area contributed by atoms with Crippen LogP contribution in [0.5, 0.6) is 5.75 Å². The van der Waals surface area contributed by atoms with Crippen LogP contribution in [0.25, 0.3) is 16.9 Å². The second kappa shape index (κ2) is 7.91. The largest absolute Gasteiger partial charge is 0.487 e. The summed E-state index contributed by atoms with van der Waals surface area (Å²) in [6, 6.07) is 14.4. The molecule has 0 aliphatic heterocycles. The van der Waals surface area contributed by atoms with Gasteiger partial charge in [0.2, 0.25) is 0 Å². The number of benzene rings is 1. The Morgan fingerprint density at radius 3 is 2.76 bits per heavy atom. The first kappa shape index (κ1) is 17.7. The van der Waals surface area contributed by atoms with E-state index in [1.165, 1.54) is 25.7 Å². The van der Waals surface area contributed by atoms with Crippen LogP contribution in [0.4, 0.5) is 5.82 Å². The van der Waals surface area contributed by atoms with E-state index in [1.54, 1.807) is 18.6 Å². The van der Waals surface area contributed by atoms with Gasteiger partial charge in [0.1, 0.15) is 23.9 Å². The molecule has 0 atom stereocenters. The average Bonchev–Trinajstić information content (AvgIpc) is 3.42. The lowest BCUT2D eigenvalue weighted by Crippen LogP contribution is -2.16. The maximum atomic E-state index is 6.14. The Morgan fingerprint density at radius 2 is 1.90 bits per heavy atom. The number of para-hydroxylation sites is 1. The van der Waals surface area contributed by atoms with Crippen LogP contribution in [0, 0.1) is 0 Å². The quantitative estimate of drug-likeness (QED) is 0.520. The van der Waals surface area contributed by atoms with Crippen molar-refractivity contribution in [1.82, 2.24) is 19.4 Å². The van der Waals surface area contributed by atoms with Gasteiger partial charge in [0.15, 0.2) is 5.65 Å². The lowest BCUT2D eigenvalue weighted by Gasteiger charge is -2.16. The number of hydrogen-bond donors (Lipinski definition) is 1. The predicted octanol–water partition coefficient (Wildman–Crippen LogP) is 4.72. The SMILES string of the molecule is c1ccc(COc2ccccc2-c2nc3cnccn3c2NC2CCCC2)nc1. The molecular weight excluding hydrogens is 362 g/mol. The second-order valence-corrected chi connectivity index (χ2v) is 7.35. The Labute approximate surface area is 169 Å². The fraction of sp³-hybridized carbons (Fsp3) is 0.261. The molecule has 0 radical (unpaired) electrons. The standard InChI is InChI=1S/C23H23N5O/c1-2-8-17(7-1)26-23-22(27-21-15-24-13-14-28(21)23)19-10-3-4-11-20(19)29-16-18-9-5-6-12-25-18/h3-6,9-15,17,26H,1-2,7-8,16H2. The maximum Gasteiger partial charge on any atom is 0.157 e. The van der Waals surface area contributed by atoms with Gasteiger partial charge >= 0.3 is 0 Å². The fourth-order valence-electron chi connectivity index (χ4n) is 3.92. The van der Waals surface area contributed by atoms with Gasteiger partial charge in [0, 0.05) is 30.2 Å². The highest BCUT2D eigenvalue weighted by molar-refractivity contribution is 5.80. The van der Waals surface area contributed by atoms with Crippen LogP contribution in [-0.2, 0) is 6.61 Å². The van der Waals surface area contributed by atoms with Crippen LogP contribution >= 0.6 is 0 Å². The first-order valence-corrected chi connectivity index (χ1v) is 10.1. The van der Waals surface area contributed by atoms with E-state index in [2.05, 4.69) is 25.8 Å². The van der Waals surface area contributed by atoms with Crippen molar-refractivity contribution in [2.24, 2.45) is 0 Å². The second-order valence-electron chi connectivity index (χ2n) is 7.35. The highest BCUT2D eigenvalue weighted by atomic mass is 16.5. The van der Waals surface area contributed by atoms with Gasteiger partial charge < -0.3 is 10.1 Å². The highest BCUT2D eigenvalue weighted by Gasteiger charge is 2.22. The van der Waals surface area contributed by atoms with Crippen molar-refractivity contribution in [3.63, 3.8) is 0 Å². The number of ether oxygens (including phenoxy) is 1. The molecule has 5 rings (SSSR count). The van der Waals surface area contributed by atoms with E-state index in [9.17, 15) is 0 Å². The minimum atomic E-state index is 0.415. The van der Waals surface area contributed by atoms with Crippen molar-refractivity contribution < 1.29 is 4.74 Å². The molecule has 0 bridgehead atoms. The molecule has 1 saturated carbocycles. The summed E-state index contributed by atoms with van der Waals surface area (Å²) >= 11 is 0. The number of aromatic nitrogens is 4. The number of fused-ring (bicyclic) bond motifs is 1. The summed E-state index contributed by atoms with van der Waals surface area (Å²) in [5, 5.41) is 3.74. The molecule has 3 aromatic heterocycles. The molecular formula is C23H23N5O. The molecule has 1 aliphatic carbocycles. The normalized spacial score (nSPS) is 14.3. The zero-order valence-corrected chi connectivity index (χ0v) is 16.2. The van der Waals surface area contributed by atoms with Crippen LogP contribution in [-0.4, -0.2) is 25.4 Å². The van der Waals surface area contributed by atoms with Gasteiger partial charge in [0.25, 0.3) is 0 Å². The summed E-state index contributed by atoms with van der Waals surface area (Å²) in [5.41, 5.74) is 3.57. The van der Waals surface area contributed by atoms with Gasteiger partial charge in [0.05, 0.1) is 11.9 Å². The van der Waals surface area contributed by atoms with Gasteiger partial charge in [-0.1, -0.05) is 31.0 Å². The summed E-state index contributed by atoms with van der Waals surface area (Å²) < 4.78 is 8.22. The van der Waals surface area contributed by atoms with Crippen molar-refractivity contribution in [2.75, 3.05) is 5.32 Å². The Bertz CT molecular complexity index is 1100. The Hall–Kier alpha value is -3.41. The fourth-order valence-corrected chi connectivity index (χ4v) is 3.92. The summed E-state index contributed by atoms with van der Waals surface area (Å²) in [5.74, 6) is 1.80. The molecule has 1 aliphatic rings. The summed E-state index contributed by atoms with van der Waals surface area (Å²) in [6.07, 6.45) is 12.3. The molecule has 4 aromatic rings. The number of imidazole rings is 1. The molecule has 1 aromatic carbocycles. The number of anilines is 1. The lowest BCUT2D eigenvalue weighted by atomic mass is 10.1. The first-order valence-electron chi connectivity index (χ1n) is 10.1. The van der Waals surface area contributed by atoms with E-state index in [0.717, 1.165) is 34.2 Å². The zero-order chi connectivity index (χ0) is 19.5. The molecule has 0 spiro atoms. The van der Waals surface area contributed by atoms with Crippen molar-refractivity contribution >= 4 is 11.5 Å². The highest BCUT2D eigenvalue weighted by Crippen LogP contribution is 2.36. The van der Waals surface area contributed by atoms with E-state index in [0.29, 0.717) is 12.6 Å². The van der Waals surface area contributed by atoms with Gasteiger partial charge in [-0.2, -0.15) is 0 Å². The molecule has 0 amide bonds. The van der Waals surface area contributed by atoms with E-state index < -0.39 is 0 Å². The number of hydrogen-bond acceptors (Lipinski definition) is 5. The Balaban J connectivity index is 1.53. The molecule has 0 unspecified atom stereocenters. The molecule has 1 fully saturated rings. The monoisotopic (exact) mass is 385 g/mol. The number of nitrogens with one attached hydrogen (secondary N) is 1. The third-order valence-electron chi connectivity index (χ3n) is 5.37. The Morgan fingerprint density at radius 1 is 1.03 bits per heavy atom. The molecule has 6 nitrogen and oxygen atoms in total. The van der Waals surface area contributed by atoms with Crippen molar-refractivity contribution in [3.8, 4) is 17.0 Å². The third-order valence-corrected chi connectivity index (χ3v) is 5.37. The van der Waals surface area contributed by atoms with Gasteiger partial charge in [-0.3, -0.25) is 14.4 Å². The van der Waals surface area contributed by atoms with Crippen LogP contribution in [0.15, 0.2) is 67.3 Å². The minimum absolute atomic E-state index is 0.415.